The van der Waals surface area contributed by atoms with Crippen molar-refractivity contribution in [2.24, 2.45) is 5.73 Å². The Kier molecular flexibility index (Phi) is 3.11. The lowest BCUT2D eigenvalue weighted by Gasteiger charge is -2.06. The van der Waals surface area contributed by atoms with Gasteiger partial charge in [-0.05, 0) is 56.0 Å². The SMILES string of the molecule is Cc1cc2c(cc1CCCCN)OCO2. The normalized spacial score (nSPS) is 13.2. The van der Waals surface area contributed by atoms with Crippen LogP contribution in [-0.2, 0) is 6.42 Å². The largest absolute Gasteiger partial charge is 0.454 e. The molecule has 2 rings (SSSR count). The maximum Gasteiger partial charge on any atom is 0.231 e. The van der Waals surface area contributed by atoms with Crippen molar-refractivity contribution in [3.63, 3.8) is 0 Å². The molecule has 0 aromatic heterocycles. The van der Waals surface area contributed by atoms with E-state index < -0.39 is 0 Å². The molecule has 0 saturated carbocycles. The molecule has 0 atom stereocenters. The highest BCUT2D eigenvalue weighted by Crippen LogP contribution is 2.34. The van der Waals surface area contributed by atoms with E-state index in [2.05, 4.69) is 19.1 Å². The molecule has 1 heterocycles. The third-order valence-corrected chi connectivity index (χ3v) is 2.73. The van der Waals surface area contributed by atoms with E-state index in [4.69, 9.17) is 15.2 Å². The Morgan fingerprint density at radius 1 is 1.20 bits per heavy atom. The summed E-state index contributed by atoms with van der Waals surface area (Å²) in [7, 11) is 0. The molecular weight excluding hydrogens is 190 g/mol. The van der Waals surface area contributed by atoms with Crippen LogP contribution < -0.4 is 15.2 Å². The van der Waals surface area contributed by atoms with Crippen molar-refractivity contribution >= 4 is 0 Å². The minimum Gasteiger partial charge on any atom is -0.454 e. The van der Waals surface area contributed by atoms with Gasteiger partial charge in [0.1, 0.15) is 0 Å². The van der Waals surface area contributed by atoms with Gasteiger partial charge in [0, 0.05) is 0 Å². The standard InChI is InChI=1S/C12H17NO2/c1-9-6-11-12(15-8-14-11)7-10(9)4-2-3-5-13/h6-7H,2-5,8,13H2,1H3. The molecule has 1 aromatic rings. The summed E-state index contributed by atoms with van der Waals surface area (Å²) >= 11 is 0. The second-order valence-electron chi connectivity index (χ2n) is 3.88. The summed E-state index contributed by atoms with van der Waals surface area (Å²) in [5, 5.41) is 0. The number of ether oxygens (including phenoxy) is 2. The third-order valence-electron chi connectivity index (χ3n) is 2.73. The molecule has 82 valence electrons. The first kappa shape index (κ1) is 10.3. The molecule has 1 aliphatic rings. The number of aryl methyl sites for hydroxylation is 2. The van der Waals surface area contributed by atoms with E-state index in [-0.39, 0.29) is 0 Å². The van der Waals surface area contributed by atoms with E-state index in [1.54, 1.807) is 0 Å². The lowest BCUT2D eigenvalue weighted by molar-refractivity contribution is 0.174. The summed E-state index contributed by atoms with van der Waals surface area (Å²) in [6.45, 7) is 3.23. The number of hydrogen-bond acceptors (Lipinski definition) is 3. The molecule has 0 bridgehead atoms. The molecule has 0 saturated heterocycles. The van der Waals surface area contributed by atoms with Gasteiger partial charge in [0.25, 0.3) is 0 Å². The Morgan fingerprint density at radius 2 is 1.93 bits per heavy atom. The second kappa shape index (κ2) is 4.53. The zero-order chi connectivity index (χ0) is 10.7. The first-order valence-electron chi connectivity index (χ1n) is 5.40. The monoisotopic (exact) mass is 207 g/mol. The van der Waals surface area contributed by atoms with E-state index in [1.807, 2.05) is 0 Å². The van der Waals surface area contributed by atoms with Crippen molar-refractivity contribution in [2.45, 2.75) is 26.2 Å². The summed E-state index contributed by atoms with van der Waals surface area (Å²) in [6, 6.07) is 4.15. The zero-order valence-electron chi connectivity index (χ0n) is 9.08. The van der Waals surface area contributed by atoms with Gasteiger partial charge in [0.05, 0.1) is 0 Å². The van der Waals surface area contributed by atoms with Crippen LogP contribution in [0.5, 0.6) is 11.5 Å². The van der Waals surface area contributed by atoms with Crippen molar-refractivity contribution < 1.29 is 9.47 Å². The van der Waals surface area contributed by atoms with Crippen LogP contribution in [0.2, 0.25) is 0 Å². The fraction of sp³-hybridized carbons (Fsp3) is 0.500. The molecule has 2 N–H and O–H groups in total. The Hall–Kier alpha value is -1.22. The van der Waals surface area contributed by atoms with Crippen LogP contribution in [0.3, 0.4) is 0 Å². The first-order valence-corrected chi connectivity index (χ1v) is 5.40. The van der Waals surface area contributed by atoms with Gasteiger partial charge >= 0.3 is 0 Å². The average molecular weight is 207 g/mol. The van der Waals surface area contributed by atoms with Gasteiger partial charge in [-0.3, -0.25) is 0 Å². The van der Waals surface area contributed by atoms with Crippen molar-refractivity contribution in [1.29, 1.82) is 0 Å². The van der Waals surface area contributed by atoms with E-state index in [9.17, 15) is 0 Å². The van der Waals surface area contributed by atoms with E-state index >= 15 is 0 Å². The Bertz CT molecular complexity index is 350. The fourth-order valence-corrected chi connectivity index (χ4v) is 1.81. The topological polar surface area (TPSA) is 44.5 Å². The quantitative estimate of drug-likeness (QED) is 0.768. The Balaban J connectivity index is 2.10. The summed E-state index contributed by atoms with van der Waals surface area (Å²) in [4.78, 5) is 0. The van der Waals surface area contributed by atoms with Crippen LogP contribution in [-0.4, -0.2) is 13.3 Å². The molecular formula is C12H17NO2. The summed E-state index contributed by atoms with van der Waals surface area (Å²) in [6.07, 6.45) is 3.28. The second-order valence-corrected chi connectivity index (χ2v) is 3.88. The molecule has 0 unspecified atom stereocenters. The number of nitrogens with two attached hydrogens (primary N) is 1. The number of rotatable bonds is 4. The Morgan fingerprint density at radius 3 is 2.67 bits per heavy atom. The van der Waals surface area contributed by atoms with Gasteiger partial charge < -0.3 is 15.2 Å². The molecule has 0 spiro atoms. The van der Waals surface area contributed by atoms with Crippen LogP contribution in [0.25, 0.3) is 0 Å². The number of hydrogen-bond donors (Lipinski definition) is 1. The van der Waals surface area contributed by atoms with Crippen molar-refractivity contribution in [3.05, 3.63) is 23.3 Å². The van der Waals surface area contributed by atoms with Crippen LogP contribution in [0, 0.1) is 6.92 Å². The van der Waals surface area contributed by atoms with Crippen LogP contribution in [0.4, 0.5) is 0 Å². The maximum atomic E-state index is 5.48. The van der Waals surface area contributed by atoms with E-state index in [0.717, 1.165) is 37.3 Å². The average Bonchev–Trinajstić information content (AvgIpc) is 2.65. The molecule has 0 fully saturated rings. The summed E-state index contributed by atoms with van der Waals surface area (Å²) in [5.74, 6) is 1.75. The van der Waals surface area contributed by atoms with Crippen molar-refractivity contribution in [3.8, 4) is 11.5 Å². The van der Waals surface area contributed by atoms with Crippen LogP contribution >= 0.6 is 0 Å². The molecule has 0 aliphatic carbocycles. The predicted octanol–water partition coefficient (Wildman–Crippen LogP) is 2.01. The van der Waals surface area contributed by atoms with E-state index in [1.165, 1.54) is 11.1 Å². The molecule has 0 radical (unpaired) electrons. The lowest BCUT2D eigenvalue weighted by atomic mass is 10.0. The summed E-state index contributed by atoms with van der Waals surface area (Å²) in [5.41, 5.74) is 8.09. The summed E-state index contributed by atoms with van der Waals surface area (Å²) < 4.78 is 10.7. The van der Waals surface area contributed by atoms with Gasteiger partial charge in [0.15, 0.2) is 11.5 Å². The minimum absolute atomic E-state index is 0.348. The van der Waals surface area contributed by atoms with E-state index in [0.29, 0.717) is 6.79 Å². The third kappa shape index (κ3) is 2.23. The molecule has 0 amide bonds. The molecule has 3 nitrogen and oxygen atoms in total. The van der Waals surface area contributed by atoms with Crippen molar-refractivity contribution in [2.75, 3.05) is 13.3 Å². The minimum atomic E-state index is 0.348. The predicted molar refractivity (Wildman–Crippen MR) is 59.3 cm³/mol. The molecule has 1 aromatic carbocycles. The van der Waals surface area contributed by atoms with Crippen molar-refractivity contribution in [1.82, 2.24) is 0 Å². The smallest absolute Gasteiger partial charge is 0.231 e. The number of fused-ring (bicyclic) bond motifs is 1. The number of benzene rings is 1. The highest BCUT2D eigenvalue weighted by molar-refractivity contribution is 5.48. The lowest BCUT2D eigenvalue weighted by Crippen LogP contribution is -1.99. The van der Waals surface area contributed by atoms with Gasteiger partial charge in [-0.25, -0.2) is 0 Å². The van der Waals surface area contributed by atoms with Crippen LogP contribution in [0.15, 0.2) is 12.1 Å². The maximum absolute atomic E-state index is 5.48. The molecule has 3 heteroatoms. The van der Waals surface area contributed by atoms with Gasteiger partial charge in [0.2, 0.25) is 6.79 Å². The van der Waals surface area contributed by atoms with Gasteiger partial charge in [-0.15, -0.1) is 0 Å². The number of unbranched alkanes of at least 4 members (excludes halogenated alkanes) is 1. The van der Waals surface area contributed by atoms with Gasteiger partial charge in [-0.1, -0.05) is 0 Å². The van der Waals surface area contributed by atoms with Gasteiger partial charge in [-0.2, -0.15) is 0 Å². The highest BCUT2D eigenvalue weighted by Gasteiger charge is 2.15. The molecule has 1 aliphatic heterocycles. The highest BCUT2D eigenvalue weighted by atomic mass is 16.7. The molecule has 15 heavy (non-hydrogen) atoms. The Labute approximate surface area is 90.2 Å². The zero-order valence-corrected chi connectivity index (χ0v) is 9.08. The first-order chi connectivity index (χ1) is 7.31. The fourth-order valence-electron chi connectivity index (χ4n) is 1.81. The van der Waals surface area contributed by atoms with Crippen LogP contribution in [0.1, 0.15) is 24.0 Å².